The van der Waals surface area contributed by atoms with Crippen LogP contribution in [0.25, 0.3) is 0 Å². The molecule has 1 aliphatic rings. The van der Waals surface area contributed by atoms with E-state index in [9.17, 15) is 4.79 Å². The Morgan fingerprint density at radius 1 is 1.43 bits per heavy atom. The lowest BCUT2D eigenvalue weighted by Crippen LogP contribution is -2.44. The molecule has 1 aromatic rings. The minimum Gasteiger partial charge on any atom is -0.496 e. The lowest BCUT2D eigenvalue weighted by molar-refractivity contribution is -0.148. The zero-order chi connectivity index (χ0) is 15.2. The van der Waals surface area contributed by atoms with E-state index >= 15 is 0 Å². The minimum atomic E-state index is -0.209. The van der Waals surface area contributed by atoms with Gasteiger partial charge in [-0.1, -0.05) is 6.42 Å². The van der Waals surface area contributed by atoms with E-state index in [0.717, 1.165) is 37.1 Å². The molecule has 1 aliphatic heterocycles. The lowest BCUT2D eigenvalue weighted by atomic mass is 10.0. The number of carbonyl (C=O) groups excluding carboxylic acids is 1. The van der Waals surface area contributed by atoms with Crippen molar-refractivity contribution in [2.75, 3.05) is 20.8 Å². The monoisotopic (exact) mass is 288 g/mol. The van der Waals surface area contributed by atoms with Crippen LogP contribution in [-0.4, -0.2) is 37.7 Å². The molecule has 5 nitrogen and oxygen atoms in total. The molecule has 0 aromatic heterocycles. The van der Waals surface area contributed by atoms with Gasteiger partial charge < -0.3 is 9.47 Å². The fourth-order valence-electron chi connectivity index (χ4n) is 2.77. The summed E-state index contributed by atoms with van der Waals surface area (Å²) in [5, 5.41) is 9.03. The third kappa shape index (κ3) is 3.53. The van der Waals surface area contributed by atoms with Crippen molar-refractivity contribution in [2.24, 2.45) is 0 Å². The van der Waals surface area contributed by atoms with E-state index < -0.39 is 0 Å². The van der Waals surface area contributed by atoms with Crippen LogP contribution in [0.2, 0.25) is 0 Å². The summed E-state index contributed by atoms with van der Waals surface area (Å²) in [7, 11) is 3.03. The molecule has 0 aliphatic carbocycles. The maximum absolute atomic E-state index is 11.9. The highest BCUT2D eigenvalue weighted by molar-refractivity contribution is 5.75. The Kier molecular flexibility index (Phi) is 5.18. The summed E-state index contributed by atoms with van der Waals surface area (Å²) in [6.07, 6.45) is 2.91. The average Bonchev–Trinajstić information content (AvgIpc) is 2.54. The Balaban J connectivity index is 2.22. The second kappa shape index (κ2) is 7.09. The maximum Gasteiger partial charge on any atom is 0.323 e. The predicted octanol–water partition coefficient (Wildman–Crippen LogP) is 2.09. The minimum absolute atomic E-state index is 0.190. The fourth-order valence-corrected chi connectivity index (χ4v) is 2.77. The number of rotatable bonds is 4. The van der Waals surface area contributed by atoms with Crippen LogP contribution in [0.15, 0.2) is 18.2 Å². The molecule has 1 aromatic carbocycles. The number of benzene rings is 1. The first-order valence-corrected chi connectivity index (χ1v) is 7.08. The summed E-state index contributed by atoms with van der Waals surface area (Å²) < 4.78 is 10.3. The van der Waals surface area contributed by atoms with E-state index in [1.54, 1.807) is 19.2 Å². The summed E-state index contributed by atoms with van der Waals surface area (Å²) in [4.78, 5) is 14.0. The third-order valence-corrected chi connectivity index (χ3v) is 3.87. The first-order chi connectivity index (χ1) is 10.2. The van der Waals surface area contributed by atoms with Crippen LogP contribution in [0.4, 0.5) is 0 Å². The Morgan fingerprint density at radius 3 is 2.90 bits per heavy atom. The number of nitrogens with zero attached hydrogens (tertiary/aromatic N) is 2. The van der Waals surface area contributed by atoms with Crippen LogP contribution < -0.4 is 4.74 Å². The van der Waals surface area contributed by atoms with Crippen LogP contribution in [0.1, 0.15) is 30.4 Å². The van der Waals surface area contributed by atoms with E-state index in [1.807, 2.05) is 6.07 Å². The lowest BCUT2D eigenvalue weighted by Gasteiger charge is -2.34. The molecule has 21 heavy (non-hydrogen) atoms. The summed E-state index contributed by atoms with van der Waals surface area (Å²) >= 11 is 0. The molecule has 2 rings (SSSR count). The Hall–Kier alpha value is -2.06. The molecule has 0 N–H and O–H groups in total. The molecule has 0 saturated carbocycles. The first-order valence-electron chi connectivity index (χ1n) is 7.08. The van der Waals surface area contributed by atoms with Crippen molar-refractivity contribution in [3.05, 3.63) is 29.3 Å². The quantitative estimate of drug-likeness (QED) is 0.794. The second-order valence-electron chi connectivity index (χ2n) is 5.14. The van der Waals surface area contributed by atoms with Crippen molar-refractivity contribution in [1.29, 1.82) is 5.26 Å². The van der Waals surface area contributed by atoms with E-state index in [2.05, 4.69) is 11.0 Å². The number of methoxy groups -OCH3 is 2. The molecular formula is C16H20N2O3. The molecule has 1 heterocycles. The normalized spacial score (nSPS) is 18.8. The highest BCUT2D eigenvalue weighted by Gasteiger charge is 2.29. The van der Waals surface area contributed by atoms with E-state index in [0.29, 0.717) is 12.1 Å². The van der Waals surface area contributed by atoms with Gasteiger partial charge in [0, 0.05) is 12.1 Å². The van der Waals surface area contributed by atoms with Crippen LogP contribution >= 0.6 is 0 Å². The molecule has 0 unspecified atom stereocenters. The van der Waals surface area contributed by atoms with Crippen molar-refractivity contribution >= 4 is 5.97 Å². The number of carbonyl (C=O) groups is 1. The third-order valence-electron chi connectivity index (χ3n) is 3.87. The smallest absolute Gasteiger partial charge is 0.323 e. The zero-order valence-corrected chi connectivity index (χ0v) is 12.5. The van der Waals surface area contributed by atoms with Gasteiger partial charge in [-0.3, -0.25) is 9.69 Å². The maximum atomic E-state index is 11.9. The van der Waals surface area contributed by atoms with Crippen molar-refractivity contribution in [1.82, 2.24) is 4.90 Å². The molecule has 0 bridgehead atoms. The SMILES string of the molecule is COC(=O)[C@H]1CCCCN1Cc1cc(C#N)ccc1OC. The highest BCUT2D eigenvalue weighted by Crippen LogP contribution is 2.26. The van der Waals surface area contributed by atoms with Crippen LogP contribution in [0.3, 0.4) is 0 Å². The van der Waals surface area contributed by atoms with Crippen molar-refractivity contribution in [3.63, 3.8) is 0 Å². The summed E-state index contributed by atoms with van der Waals surface area (Å²) in [5.74, 6) is 0.549. The zero-order valence-electron chi connectivity index (χ0n) is 12.5. The number of piperidine rings is 1. The first kappa shape index (κ1) is 15.3. The highest BCUT2D eigenvalue weighted by atomic mass is 16.5. The number of esters is 1. The number of ether oxygens (including phenoxy) is 2. The molecule has 5 heteroatoms. The molecule has 112 valence electrons. The number of nitriles is 1. The van der Waals surface area contributed by atoms with E-state index in [1.165, 1.54) is 7.11 Å². The van der Waals surface area contributed by atoms with Crippen molar-refractivity contribution in [2.45, 2.75) is 31.8 Å². The van der Waals surface area contributed by atoms with E-state index in [-0.39, 0.29) is 12.0 Å². The molecule has 0 radical (unpaired) electrons. The van der Waals surface area contributed by atoms with Gasteiger partial charge in [-0.2, -0.15) is 5.26 Å². The van der Waals surface area contributed by atoms with Crippen LogP contribution in [0, 0.1) is 11.3 Å². The van der Waals surface area contributed by atoms with Crippen LogP contribution in [-0.2, 0) is 16.1 Å². The largest absolute Gasteiger partial charge is 0.496 e. The van der Waals surface area contributed by atoms with Crippen molar-refractivity contribution in [3.8, 4) is 11.8 Å². The van der Waals surface area contributed by atoms with E-state index in [4.69, 9.17) is 14.7 Å². The van der Waals surface area contributed by atoms with Gasteiger partial charge in [0.1, 0.15) is 11.8 Å². The average molecular weight is 288 g/mol. The molecule has 1 saturated heterocycles. The number of hydrogen-bond donors (Lipinski definition) is 0. The Morgan fingerprint density at radius 2 is 2.24 bits per heavy atom. The van der Waals surface area contributed by atoms with Gasteiger partial charge in [0.15, 0.2) is 0 Å². The number of likely N-dealkylation sites (tertiary alicyclic amines) is 1. The standard InChI is InChI=1S/C16H20N2O3/c1-20-15-7-6-12(10-17)9-13(15)11-18-8-4-3-5-14(18)16(19)21-2/h6-7,9,14H,3-5,8,11H2,1-2H3/t14-/m1/s1. The predicted molar refractivity (Wildman–Crippen MR) is 77.8 cm³/mol. The topological polar surface area (TPSA) is 62.6 Å². The van der Waals surface area contributed by atoms with Gasteiger partial charge in [0.05, 0.1) is 25.9 Å². The summed E-state index contributed by atoms with van der Waals surface area (Å²) in [6, 6.07) is 7.28. The molecule has 0 amide bonds. The van der Waals surface area contributed by atoms with Gasteiger partial charge in [-0.25, -0.2) is 0 Å². The fraction of sp³-hybridized carbons (Fsp3) is 0.500. The molecule has 0 spiro atoms. The second-order valence-corrected chi connectivity index (χ2v) is 5.14. The molecule has 1 fully saturated rings. The Bertz CT molecular complexity index is 551. The summed E-state index contributed by atoms with van der Waals surface area (Å²) in [6.45, 7) is 1.43. The Labute approximate surface area is 125 Å². The van der Waals surface area contributed by atoms with Crippen molar-refractivity contribution < 1.29 is 14.3 Å². The van der Waals surface area contributed by atoms with Gasteiger partial charge in [-0.15, -0.1) is 0 Å². The van der Waals surface area contributed by atoms with Gasteiger partial charge in [-0.05, 0) is 37.6 Å². The van der Waals surface area contributed by atoms with Gasteiger partial charge in [0.2, 0.25) is 0 Å². The molecule has 1 atom stereocenters. The van der Waals surface area contributed by atoms with Gasteiger partial charge >= 0.3 is 5.97 Å². The summed E-state index contributed by atoms with van der Waals surface area (Å²) in [5.41, 5.74) is 1.52. The number of hydrogen-bond acceptors (Lipinski definition) is 5. The van der Waals surface area contributed by atoms with Gasteiger partial charge in [0.25, 0.3) is 0 Å². The molecular weight excluding hydrogens is 268 g/mol. The van der Waals surface area contributed by atoms with Crippen LogP contribution in [0.5, 0.6) is 5.75 Å².